The van der Waals surface area contributed by atoms with E-state index in [0.29, 0.717) is 23.2 Å². The van der Waals surface area contributed by atoms with E-state index in [0.717, 1.165) is 18.3 Å². The number of fused-ring (bicyclic) bond motifs is 2. The molecule has 98 valence electrons. The minimum Gasteiger partial charge on any atom is -0.481 e. The molecule has 0 amide bonds. The Bertz CT molecular complexity index is 321. The summed E-state index contributed by atoms with van der Waals surface area (Å²) in [6.07, 6.45) is 5.48. The van der Waals surface area contributed by atoms with Crippen molar-refractivity contribution in [1.82, 2.24) is 0 Å². The lowest BCUT2D eigenvalue weighted by molar-refractivity contribution is -0.138. The van der Waals surface area contributed by atoms with Gasteiger partial charge in [0.15, 0.2) is 0 Å². The molecule has 0 spiro atoms. The van der Waals surface area contributed by atoms with Gasteiger partial charge in [-0.15, -0.1) is 0 Å². The first kappa shape index (κ1) is 12.9. The molecule has 0 saturated heterocycles. The summed E-state index contributed by atoms with van der Waals surface area (Å²) in [5, 5.41) is 8.86. The molecule has 1 N–H and O–H groups in total. The van der Waals surface area contributed by atoms with Gasteiger partial charge in [-0.2, -0.15) is 0 Å². The first-order valence-electron chi connectivity index (χ1n) is 6.99. The Hall–Kier alpha value is -0.530. The highest BCUT2D eigenvalue weighted by molar-refractivity contribution is 5.66. The fourth-order valence-electron chi connectivity index (χ4n) is 4.59. The molecular formula is C15H26O2. The van der Waals surface area contributed by atoms with Crippen LogP contribution < -0.4 is 0 Å². The molecule has 2 bridgehead atoms. The molecule has 4 atom stereocenters. The van der Waals surface area contributed by atoms with Gasteiger partial charge in [0.05, 0.1) is 0 Å². The third-order valence-electron chi connectivity index (χ3n) is 6.18. The molecule has 2 aliphatic rings. The predicted octanol–water partition coefficient (Wildman–Crippen LogP) is 3.95. The molecule has 0 aromatic rings. The lowest BCUT2D eigenvalue weighted by Crippen LogP contribution is -2.33. The van der Waals surface area contributed by atoms with E-state index in [2.05, 4.69) is 27.7 Å². The topological polar surface area (TPSA) is 37.3 Å². The Kier molecular flexibility index (Phi) is 3.04. The summed E-state index contributed by atoms with van der Waals surface area (Å²) in [4.78, 5) is 10.8. The monoisotopic (exact) mass is 238 g/mol. The Morgan fingerprint density at radius 2 is 2.06 bits per heavy atom. The van der Waals surface area contributed by atoms with E-state index in [4.69, 9.17) is 5.11 Å². The van der Waals surface area contributed by atoms with Crippen LogP contribution in [0.2, 0.25) is 0 Å². The molecule has 0 heterocycles. The van der Waals surface area contributed by atoms with E-state index < -0.39 is 5.97 Å². The van der Waals surface area contributed by atoms with Gasteiger partial charge in [-0.05, 0) is 54.3 Å². The van der Waals surface area contributed by atoms with Crippen molar-refractivity contribution in [3.63, 3.8) is 0 Å². The van der Waals surface area contributed by atoms with Crippen molar-refractivity contribution in [1.29, 1.82) is 0 Å². The van der Waals surface area contributed by atoms with E-state index in [1.165, 1.54) is 19.3 Å². The summed E-state index contributed by atoms with van der Waals surface area (Å²) in [6.45, 7) is 9.38. The van der Waals surface area contributed by atoms with Gasteiger partial charge in [0.2, 0.25) is 0 Å². The molecule has 2 rings (SSSR count). The van der Waals surface area contributed by atoms with Crippen LogP contribution in [0.5, 0.6) is 0 Å². The quantitative estimate of drug-likeness (QED) is 0.805. The summed E-state index contributed by atoms with van der Waals surface area (Å²) in [5.74, 6) is 1.29. The molecule has 2 heteroatoms. The summed E-state index contributed by atoms with van der Waals surface area (Å²) < 4.78 is 0. The first-order valence-corrected chi connectivity index (χ1v) is 6.99. The Morgan fingerprint density at radius 3 is 2.47 bits per heavy atom. The van der Waals surface area contributed by atoms with Crippen LogP contribution in [0.15, 0.2) is 0 Å². The normalized spacial score (nSPS) is 40.5. The van der Waals surface area contributed by atoms with Gasteiger partial charge in [0.25, 0.3) is 0 Å². The van der Waals surface area contributed by atoms with Crippen LogP contribution in [0.25, 0.3) is 0 Å². The molecule has 2 saturated carbocycles. The van der Waals surface area contributed by atoms with Crippen LogP contribution in [-0.4, -0.2) is 11.1 Å². The second-order valence-electron chi connectivity index (χ2n) is 7.25. The predicted molar refractivity (Wildman–Crippen MR) is 68.8 cm³/mol. The second-order valence-corrected chi connectivity index (χ2v) is 7.25. The molecule has 4 unspecified atom stereocenters. The van der Waals surface area contributed by atoms with Crippen LogP contribution in [0, 0.1) is 28.6 Å². The summed E-state index contributed by atoms with van der Waals surface area (Å²) >= 11 is 0. The Balaban J connectivity index is 2.03. The maximum Gasteiger partial charge on any atom is 0.303 e. The van der Waals surface area contributed by atoms with Crippen LogP contribution in [0.3, 0.4) is 0 Å². The van der Waals surface area contributed by atoms with Gasteiger partial charge < -0.3 is 5.11 Å². The molecule has 2 aliphatic carbocycles. The van der Waals surface area contributed by atoms with Crippen molar-refractivity contribution in [2.24, 2.45) is 28.6 Å². The zero-order valence-electron chi connectivity index (χ0n) is 11.6. The lowest BCUT2D eigenvalue weighted by Gasteiger charge is -2.40. The van der Waals surface area contributed by atoms with Gasteiger partial charge in [-0.1, -0.05) is 27.7 Å². The smallest absolute Gasteiger partial charge is 0.303 e. The maximum absolute atomic E-state index is 10.8. The molecular weight excluding hydrogens is 212 g/mol. The summed E-state index contributed by atoms with van der Waals surface area (Å²) in [5.41, 5.74) is 0.908. The van der Waals surface area contributed by atoms with Crippen molar-refractivity contribution in [3.8, 4) is 0 Å². The highest BCUT2D eigenvalue weighted by Crippen LogP contribution is 2.69. The lowest BCUT2D eigenvalue weighted by atomic mass is 9.65. The molecule has 0 aliphatic heterocycles. The van der Waals surface area contributed by atoms with Crippen molar-refractivity contribution in [3.05, 3.63) is 0 Å². The van der Waals surface area contributed by atoms with E-state index in [-0.39, 0.29) is 0 Å². The average Bonchev–Trinajstić information content (AvgIpc) is 2.49. The first-order chi connectivity index (χ1) is 7.77. The zero-order chi connectivity index (χ0) is 12.8. The highest BCUT2D eigenvalue weighted by atomic mass is 16.4. The molecule has 17 heavy (non-hydrogen) atoms. The second kappa shape index (κ2) is 4.00. The fourth-order valence-corrected chi connectivity index (χ4v) is 4.59. The molecule has 2 nitrogen and oxygen atoms in total. The van der Waals surface area contributed by atoms with E-state index in [9.17, 15) is 4.79 Å². The van der Waals surface area contributed by atoms with Crippen molar-refractivity contribution in [2.75, 3.05) is 0 Å². The van der Waals surface area contributed by atoms with E-state index in [1.54, 1.807) is 0 Å². The van der Waals surface area contributed by atoms with Gasteiger partial charge in [0, 0.05) is 6.42 Å². The molecule has 2 fully saturated rings. The van der Waals surface area contributed by atoms with Crippen LogP contribution >= 0.6 is 0 Å². The standard InChI is InChI=1S/C15H26O2/c1-10(8-13(16)17)7-12-9-11-5-6-15(12,4)14(11,2)3/h10-12H,5-9H2,1-4H3,(H,16,17). The van der Waals surface area contributed by atoms with Crippen molar-refractivity contribution >= 4 is 5.97 Å². The fraction of sp³-hybridized carbons (Fsp3) is 0.933. The van der Waals surface area contributed by atoms with Gasteiger partial charge >= 0.3 is 5.97 Å². The maximum atomic E-state index is 10.8. The molecule has 0 aromatic heterocycles. The van der Waals surface area contributed by atoms with Gasteiger partial charge in [-0.25, -0.2) is 0 Å². The van der Waals surface area contributed by atoms with Crippen LogP contribution in [0.4, 0.5) is 0 Å². The number of aliphatic carboxylic acids is 1. The molecule has 0 radical (unpaired) electrons. The zero-order valence-corrected chi connectivity index (χ0v) is 11.6. The Morgan fingerprint density at radius 1 is 1.41 bits per heavy atom. The van der Waals surface area contributed by atoms with Gasteiger partial charge in [-0.3, -0.25) is 4.79 Å². The third-order valence-corrected chi connectivity index (χ3v) is 6.18. The summed E-state index contributed by atoms with van der Waals surface area (Å²) in [6, 6.07) is 0. The number of rotatable bonds is 4. The minimum absolute atomic E-state index is 0.324. The molecule has 0 aromatic carbocycles. The third kappa shape index (κ3) is 1.90. The van der Waals surface area contributed by atoms with E-state index >= 15 is 0 Å². The number of hydrogen-bond donors (Lipinski definition) is 1. The summed E-state index contributed by atoms with van der Waals surface area (Å²) in [7, 11) is 0. The SMILES string of the molecule is CC(CC(=O)O)CC1CC2CCC1(C)C2(C)C. The average molecular weight is 238 g/mol. The number of hydrogen-bond acceptors (Lipinski definition) is 1. The number of carboxylic acid groups (broad SMARTS) is 1. The Labute approximate surface area is 105 Å². The van der Waals surface area contributed by atoms with Crippen molar-refractivity contribution < 1.29 is 9.90 Å². The van der Waals surface area contributed by atoms with Crippen LogP contribution in [0.1, 0.15) is 59.8 Å². The van der Waals surface area contributed by atoms with E-state index in [1.807, 2.05) is 0 Å². The van der Waals surface area contributed by atoms with Crippen molar-refractivity contribution in [2.45, 2.75) is 59.8 Å². The van der Waals surface area contributed by atoms with Gasteiger partial charge in [0.1, 0.15) is 0 Å². The largest absolute Gasteiger partial charge is 0.481 e. The van der Waals surface area contributed by atoms with Crippen LogP contribution in [-0.2, 0) is 4.79 Å². The highest BCUT2D eigenvalue weighted by Gasteiger charge is 2.60. The number of carbonyl (C=O) groups is 1. The minimum atomic E-state index is -0.648. The number of carboxylic acids is 1.